The molecule has 4 nitrogen and oxygen atoms in total. The quantitative estimate of drug-likeness (QED) is 0.169. The Hall–Kier alpha value is -4.44. The summed E-state index contributed by atoms with van der Waals surface area (Å²) >= 11 is 0. The maximum atomic E-state index is 13.5. The molecule has 0 aromatic heterocycles. The van der Waals surface area contributed by atoms with E-state index in [0.29, 0.717) is 23.0 Å². The van der Waals surface area contributed by atoms with E-state index < -0.39 is 0 Å². The minimum atomic E-state index is -0.183. The van der Waals surface area contributed by atoms with Gasteiger partial charge in [-0.05, 0) is 93.5 Å². The van der Waals surface area contributed by atoms with Gasteiger partial charge < -0.3 is 10.0 Å². The third-order valence-corrected chi connectivity index (χ3v) is 8.91. The Morgan fingerprint density at radius 1 is 0.652 bits per heavy atom. The Labute approximate surface area is 275 Å². The van der Waals surface area contributed by atoms with Crippen molar-refractivity contribution in [3.63, 3.8) is 0 Å². The molecule has 2 atom stereocenters. The van der Waals surface area contributed by atoms with Crippen molar-refractivity contribution in [2.75, 3.05) is 4.90 Å². The number of hydrogen-bond donors (Lipinski definition) is 0. The first kappa shape index (κ1) is 32.9. The molecule has 0 heterocycles. The van der Waals surface area contributed by atoms with Crippen LogP contribution in [0.25, 0.3) is 5.57 Å². The second-order valence-electron chi connectivity index (χ2n) is 13.9. The van der Waals surface area contributed by atoms with Crippen molar-refractivity contribution in [2.45, 2.75) is 80.3 Å². The number of ketones is 1. The molecule has 0 N–H and O–H groups in total. The third kappa shape index (κ3) is 7.02. The number of Topliss-reactive ketones (excluding diaryl/α,β-unsaturated/α-hetero) is 1. The number of aryl methyl sites for hydroxylation is 2. The number of benzene rings is 3. The molecule has 3 aromatic rings. The maximum Gasteiger partial charge on any atom is 0.205 e. The Bertz CT molecular complexity index is 1710. The highest BCUT2D eigenvalue weighted by Crippen LogP contribution is 2.39. The van der Waals surface area contributed by atoms with Crippen LogP contribution >= 0.6 is 0 Å². The summed E-state index contributed by atoms with van der Waals surface area (Å²) in [6, 6.07) is 25.6. The lowest BCUT2D eigenvalue weighted by Gasteiger charge is -2.34. The molecule has 2 aliphatic carbocycles. The van der Waals surface area contributed by atoms with E-state index in [0.717, 1.165) is 35.6 Å². The largest absolute Gasteiger partial charge is 0.871 e. The lowest BCUT2D eigenvalue weighted by molar-refractivity contribution is -0.481. The van der Waals surface area contributed by atoms with E-state index >= 15 is 0 Å². The van der Waals surface area contributed by atoms with Gasteiger partial charge in [0.25, 0.3) is 0 Å². The number of carbonyl (C=O) groups excluding carboxylic acids is 1. The normalized spacial score (nSPS) is 16.0. The Morgan fingerprint density at radius 2 is 1.15 bits per heavy atom. The molecule has 5 rings (SSSR count). The maximum absolute atomic E-state index is 13.5. The molecule has 0 saturated carbocycles. The molecule has 0 amide bonds. The van der Waals surface area contributed by atoms with Crippen molar-refractivity contribution in [2.24, 2.45) is 11.8 Å². The molecule has 46 heavy (non-hydrogen) atoms. The van der Waals surface area contributed by atoms with E-state index in [1.54, 1.807) is 0 Å². The molecule has 0 spiro atoms. The van der Waals surface area contributed by atoms with E-state index in [1.807, 2.05) is 48.6 Å². The van der Waals surface area contributed by atoms with Gasteiger partial charge in [0.05, 0.1) is 0 Å². The number of nitrogens with zero attached hydrogens (tertiary/aromatic N) is 2. The molecule has 2 aliphatic rings. The summed E-state index contributed by atoms with van der Waals surface area (Å²) in [5.74, 6) is 0.746. The predicted molar refractivity (Wildman–Crippen MR) is 191 cm³/mol. The van der Waals surface area contributed by atoms with Gasteiger partial charge in [-0.2, -0.15) is 4.58 Å². The summed E-state index contributed by atoms with van der Waals surface area (Å²) in [6.07, 6.45) is 9.98. The first-order valence-electron chi connectivity index (χ1n) is 16.7. The average Bonchev–Trinajstić information content (AvgIpc) is 3.00. The second kappa shape index (κ2) is 13.9. The lowest BCUT2D eigenvalue weighted by Crippen LogP contribution is -2.31. The minimum Gasteiger partial charge on any atom is -0.871 e. The zero-order valence-corrected chi connectivity index (χ0v) is 28.7. The number of rotatable bonds is 10. The molecular weight excluding hydrogens is 564 g/mol. The average molecular weight is 613 g/mol. The van der Waals surface area contributed by atoms with Gasteiger partial charge in [-0.3, -0.25) is 4.79 Å². The highest BCUT2D eigenvalue weighted by molar-refractivity contribution is 6.39. The van der Waals surface area contributed by atoms with Crippen molar-refractivity contribution >= 4 is 34.1 Å². The minimum absolute atomic E-state index is 0.183. The van der Waals surface area contributed by atoms with Gasteiger partial charge in [0, 0.05) is 59.3 Å². The van der Waals surface area contributed by atoms with E-state index in [9.17, 15) is 9.90 Å². The van der Waals surface area contributed by atoms with E-state index in [-0.39, 0.29) is 34.8 Å². The topological polar surface area (TPSA) is 46.4 Å². The molecule has 3 aromatic carbocycles. The summed E-state index contributed by atoms with van der Waals surface area (Å²) < 4.78 is 2.35. The van der Waals surface area contributed by atoms with Crippen LogP contribution in [-0.2, 0) is 4.79 Å². The van der Waals surface area contributed by atoms with E-state index in [2.05, 4.69) is 113 Å². The fraction of sp³-hybridized carbons (Fsp3) is 0.333. The first-order valence-corrected chi connectivity index (χ1v) is 16.7. The predicted octanol–water partition coefficient (Wildman–Crippen LogP) is 9.17. The van der Waals surface area contributed by atoms with Gasteiger partial charge in [-0.1, -0.05) is 81.0 Å². The lowest BCUT2D eigenvalue weighted by atomic mass is 9.80. The second-order valence-corrected chi connectivity index (χ2v) is 13.9. The Morgan fingerprint density at radius 3 is 1.65 bits per heavy atom. The number of allylic oxidation sites excluding steroid dienone is 7. The van der Waals surface area contributed by atoms with Crippen molar-refractivity contribution in [1.82, 2.24) is 0 Å². The summed E-state index contributed by atoms with van der Waals surface area (Å²) in [5.41, 5.74) is 8.70. The molecule has 0 saturated heterocycles. The standard InChI is InChI=1S/C42H48N2O2/c1-27(2)25-31(7)43(35-17-9-29(5)10-18-35)37-21-13-33(14-22-37)39-41(45)40(42(39)46)34-15-23-38(24-16-34)44(32(8)26-28(3)4)36-19-11-30(6)12-20-36/h9-24,27-28,31-32H,25-26H2,1-8H3. The molecule has 238 valence electrons. The molecule has 0 radical (unpaired) electrons. The molecule has 0 aliphatic heterocycles. The van der Waals surface area contributed by atoms with Crippen molar-refractivity contribution < 1.29 is 14.5 Å². The van der Waals surface area contributed by atoms with E-state index in [4.69, 9.17) is 0 Å². The van der Waals surface area contributed by atoms with Crippen LogP contribution in [0.3, 0.4) is 0 Å². The van der Waals surface area contributed by atoms with Gasteiger partial charge in [0.2, 0.25) is 11.4 Å². The zero-order chi connectivity index (χ0) is 33.1. The zero-order valence-electron chi connectivity index (χ0n) is 28.7. The highest BCUT2D eigenvalue weighted by Gasteiger charge is 2.31. The summed E-state index contributed by atoms with van der Waals surface area (Å²) in [7, 11) is 0. The van der Waals surface area contributed by atoms with Crippen LogP contribution in [0.1, 0.15) is 71.1 Å². The summed E-state index contributed by atoms with van der Waals surface area (Å²) in [4.78, 5) is 15.8. The number of hydrogen-bond acceptors (Lipinski definition) is 3. The molecular formula is C42H48N2O2. The SMILES string of the molecule is Cc1ccc(N(c2ccc(C3=C([O-])C(=C4C=CC(=[N+](c5ccc(C)cc5)C(C)CC(C)C)C=C4)C3=O)cc2)C(C)CC(C)C)cc1. The molecule has 2 unspecified atom stereocenters. The van der Waals surface area contributed by atoms with Crippen molar-refractivity contribution in [3.8, 4) is 0 Å². The van der Waals surface area contributed by atoms with Crippen LogP contribution in [0.15, 0.2) is 114 Å². The molecule has 4 heteroatoms. The molecule has 0 fully saturated rings. The van der Waals surface area contributed by atoms with E-state index in [1.165, 1.54) is 11.1 Å². The fourth-order valence-corrected chi connectivity index (χ4v) is 6.80. The summed E-state index contributed by atoms with van der Waals surface area (Å²) in [6.45, 7) is 17.7. The monoisotopic (exact) mass is 612 g/mol. The van der Waals surface area contributed by atoms with Gasteiger partial charge in [-0.15, -0.1) is 0 Å². The van der Waals surface area contributed by atoms with Crippen molar-refractivity contribution in [1.29, 1.82) is 0 Å². The van der Waals surface area contributed by atoms with Crippen LogP contribution in [0.4, 0.5) is 17.1 Å². The highest BCUT2D eigenvalue weighted by atomic mass is 16.3. The first-order chi connectivity index (χ1) is 21.9. The van der Waals surface area contributed by atoms with Gasteiger partial charge >= 0.3 is 0 Å². The van der Waals surface area contributed by atoms with Crippen molar-refractivity contribution in [3.05, 3.63) is 131 Å². The van der Waals surface area contributed by atoms with Crippen LogP contribution in [0, 0.1) is 25.7 Å². The summed E-state index contributed by atoms with van der Waals surface area (Å²) in [5, 5.41) is 13.5. The smallest absolute Gasteiger partial charge is 0.205 e. The third-order valence-electron chi connectivity index (χ3n) is 8.91. The van der Waals surface area contributed by atoms with Gasteiger partial charge in [0.1, 0.15) is 0 Å². The van der Waals surface area contributed by atoms with Crippen LogP contribution < -0.4 is 10.0 Å². The van der Waals surface area contributed by atoms with Crippen LogP contribution in [0.5, 0.6) is 0 Å². The Balaban J connectivity index is 1.43. The number of carbonyl (C=O) groups is 1. The fourth-order valence-electron chi connectivity index (χ4n) is 6.80. The van der Waals surface area contributed by atoms with Gasteiger partial charge in [-0.25, -0.2) is 0 Å². The Kier molecular flexibility index (Phi) is 9.96. The van der Waals surface area contributed by atoms with Gasteiger partial charge in [0.15, 0.2) is 11.8 Å². The number of anilines is 2. The molecule has 0 bridgehead atoms. The van der Waals surface area contributed by atoms with Crippen LogP contribution in [0.2, 0.25) is 0 Å². The van der Waals surface area contributed by atoms with Crippen LogP contribution in [-0.4, -0.2) is 28.2 Å².